The summed E-state index contributed by atoms with van der Waals surface area (Å²) in [5.74, 6) is 1.11. The fourth-order valence-electron chi connectivity index (χ4n) is 3.75. The molecule has 152 valence electrons. The molecule has 1 unspecified atom stereocenters. The van der Waals surface area contributed by atoms with E-state index in [0.29, 0.717) is 38.4 Å². The van der Waals surface area contributed by atoms with Crippen LogP contribution in [0, 0.1) is 0 Å². The largest absolute Gasteiger partial charge is 0.497 e. The number of hydrogen-bond acceptors (Lipinski definition) is 4. The lowest BCUT2D eigenvalue weighted by Crippen LogP contribution is -2.45. The van der Waals surface area contributed by atoms with Gasteiger partial charge in [-0.15, -0.1) is 0 Å². The molecule has 1 heterocycles. The van der Waals surface area contributed by atoms with Crippen molar-refractivity contribution in [3.8, 4) is 5.75 Å². The Morgan fingerprint density at radius 2 is 1.93 bits per heavy atom. The molecule has 0 spiro atoms. The van der Waals surface area contributed by atoms with Crippen molar-refractivity contribution in [3.63, 3.8) is 0 Å². The van der Waals surface area contributed by atoms with E-state index in [-0.39, 0.29) is 5.91 Å². The zero-order chi connectivity index (χ0) is 19.9. The number of hydrogen-bond donors (Lipinski definition) is 1. The lowest BCUT2D eigenvalue weighted by molar-refractivity contribution is -0.135. The third-order valence-electron chi connectivity index (χ3n) is 5.75. The molecular weight excluding hydrogens is 340 g/mol. The number of likely N-dealkylation sites (tertiary alicyclic amines) is 1. The number of nitrogens with zero attached hydrogens (tertiary/aromatic N) is 2. The Morgan fingerprint density at radius 3 is 2.48 bits per heavy atom. The average Bonchev–Trinajstić information content (AvgIpc) is 2.65. The first-order chi connectivity index (χ1) is 12.8. The molecule has 0 aliphatic carbocycles. The second-order valence-corrected chi connectivity index (χ2v) is 8.01. The van der Waals surface area contributed by atoms with Crippen LogP contribution < -0.4 is 4.74 Å². The van der Waals surface area contributed by atoms with Gasteiger partial charge in [-0.05, 0) is 70.3 Å². The van der Waals surface area contributed by atoms with Crippen LogP contribution in [0.3, 0.4) is 0 Å². The Balaban J connectivity index is 1.74. The van der Waals surface area contributed by atoms with Crippen LogP contribution in [0.1, 0.15) is 52.0 Å². The Kier molecular flexibility index (Phi) is 8.11. The molecule has 1 saturated heterocycles. The van der Waals surface area contributed by atoms with Gasteiger partial charge in [0.1, 0.15) is 5.75 Å². The highest BCUT2D eigenvalue weighted by atomic mass is 16.5. The van der Waals surface area contributed by atoms with Crippen molar-refractivity contribution >= 4 is 5.91 Å². The number of ether oxygens (including phenoxy) is 1. The van der Waals surface area contributed by atoms with Gasteiger partial charge in [-0.2, -0.15) is 0 Å². The molecule has 5 nitrogen and oxygen atoms in total. The molecule has 0 saturated carbocycles. The van der Waals surface area contributed by atoms with Crippen molar-refractivity contribution in [2.24, 2.45) is 0 Å². The van der Waals surface area contributed by atoms with E-state index >= 15 is 0 Å². The minimum atomic E-state index is -0.604. The van der Waals surface area contributed by atoms with Crippen molar-refractivity contribution in [2.45, 2.75) is 64.5 Å². The lowest BCUT2D eigenvalue weighted by Gasteiger charge is -2.36. The van der Waals surface area contributed by atoms with E-state index in [1.807, 2.05) is 24.0 Å². The highest BCUT2D eigenvalue weighted by Gasteiger charge is 2.29. The molecule has 1 aliphatic rings. The number of carbonyl (C=O) groups excluding carboxylic acids is 1. The maximum absolute atomic E-state index is 12.4. The topological polar surface area (TPSA) is 53.0 Å². The van der Waals surface area contributed by atoms with E-state index in [2.05, 4.69) is 30.9 Å². The van der Waals surface area contributed by atoms with Gasteiger partial charge in [0.15, 0.2) is 0 Å². The SMILES string of the molecule is CCN(CCCC(=O)N1CCC(C)(O)CC1)C(C)Cc1ccc(OC)cc1. The van der Waals surface area contributed by atoms with Crippen molar-refractivity contribution in [3.05, 3.63) is 29.8 Å². The summed E-state index contributed by atoms with van der Waals surface area (Å²) in [5, 5.41) is 10.0. The van der Waals surface area contributed by atoms with E-state index in [1.54, 1.807) is 7.11 Å². The van der Waals surface area contributed by atoms with Gasteiger partial charge in [0.05, 0.1) is 12.7 Å². The van der Waals surface area contributed by atoms with E-state index in [9.17, 15) is 9.90 Å². The average molecular weight is 377 g/mol. The van der Waals surface area contributed by atoms with Crippen LogP contribution in [-0.4, -0.2) is 65.7 Å². The summed E-state index contributed by atoms with van der Waals surface area (Å²) in [7, 11) is 1.68. The molecule has 2 rings (SSSR count). The fraction of sp³-hybridized carbons (Fsp3) is 0.682. The number of carbonyl (C=O) groups is 1. The predicted octanol–water partition coefficient (Wildman–Crippen LogP) is 3.10. The number of amides is 1. The van der Waals surface area contributed by atoms with Crippen molar-refractivity contribution in [2.75, 3.05) is 33.3 Å². The smallest absolute Gasteiger partial charge is 0.222 e. The van der Waals surface area contributed by atoms with Crippen LogP contribution in [0.5, 0.6) is 5.75 Å². The normalized spacial score (nSPS) is 17.8. The summed E-state index contributed by atoms with van der Waals surface area (Å²) in [6.45, 7) is 9.57. The second-order valence-electron chi connectivity index (χ2n) is 8.01. The monoisotopic (exact) mass is 376 g/mol. The molecule has 0 radical (unpaired) electrons. The number of likely N-dealkylation sites (N-methyl/N-ethyl adjacent to an activating group) is 1. The van der Waals surface area contributed by atoms with Crippen molar-refractivity contribution < 1.29 is 14.6 Å². The fourth-order valence-corrected chi connectivity index (χ4v) is 3.75. The van der Waals surface area contributed by atoms with Crippen LogP contribution in [0.25, 0.3) is 0 Å². The molecule has 1 fully saturated rings. The molecule has 1 amide bonds. The summed E-state index contributed by atoms with van der Waals surface area (Å²) >= 11 is 0. The van der Waals surface area contributed by atoms with Gasteiger partial charge in [0, 0.05) is 25.6 Å². The van der Waals surface area contributed by atoms with Crippen molar-refractivity contribution in [1.29, 1.82) is 0 Å². The Labute approximate surface area is 164 Å². The maximum atomic E-state index is 12.4. The molecule has 27 heavy (non-hydrogen) atoms. The Hall–Kier alpha value is -1.59. The quantitative estimate of drug-likeness (QED) is 0.720. The van der Waals surface area contributed by atoms with Crippen LogP contribution in [-0.2, 0) is 11.2 Å². The molecule has 0 aromatic heterocycles. The van der Waals surface area contributed by atoms with Gasteiger partial charge in [-0.25, -0.2) is 0 Å². The van der Waals surface area contributed by atoms with Gasteiger partial charge in [0.25, 0.3) is 0 Å². The number of rotatable bonds is 9. The van der Waals surface area contributed by atoms with Gasteiger partial charge in [0.2, 0.25) is 5.91 Å². The molecule has 5 heteroatoms. The summed E-state index contributed by atoms with van der Waals surface area (Å²) in [6, 6.07) is 8.69. The molecule has 1 aromatic carbocycles. The highest BCUT2D eigenvalue weighted by Crippen LogP contribution is 2.22. The number of benzene rings is 1. The predicted molar refractivity (Wildman–Crippen MR) is 109 cm³/mol. The van der Waals surface area contributed by atoms with Crippen LogP contribution in [0.2, 0.25) is 0 Å². The summed E-state index contributed by atoms with van der Waals surface area (Å²) < 4.78 is 5.22. The van der Waals surface area contributed by atoms with E-state index in [0.717, 1.165) is 31.7 Å². The van der Waals surface area contributed by atoms with Crippen LogP contribution >= 0.6 is 0 Å². The molecule has 1 N–H and O–H groups in total. The van der Waals surface area contributed by atoms with Gasteiger partial charge in [-0.1, -0.05) is 19.1 Å². The third-order valence-corrected chi connectivity index (χ3v) is 5.75. The zero-order valence-corrected chi connectivity index (χ0v) is 17.4. The van der Waals surface area contributed by atoms with E-state index in [1.165, 1.54) is 5.56 Å². The lowest BCUT2D eigenvalue weighted by atomic mass is 9.93. The molecule has 0 bridgehead atoms. The van der Waals surface area contributed by atoms with Crippen LogP contribution in [0.4, 0.5) is 0 Å². The number of piperidine rings is 1. The maximum Gasteiger partial charge on any atom is 0.222 e. The first-order valence-electron chi connectivity index (χ1n) is 10.2. The molecule has 1 atom stereocenters. The Bertz CT molecular complexity index is 576. The third kappa shape index (κ3) is 6.82. The van der Waals surface area contributed by atoms with E-state index in [4.69, 9.17) is 4.74 Å². The van der Waals surface area contributed by atoms with Crippen LogP contribution in [0.15, 0.2) is 24.3 Å². The van der Waals surface area contributed by atoms with Gasteiger partial charge in [-0.3, -0.25) is 4.79 Å². The first kappa shape index (κ1) is 21.7. The standard InChI is InChI=1S/C22H36N2O3/c1-5-23(18(2)17-19-8-10-20(27-4)11-9-19)14-6-7-21(25)24-15-12-22(3,26)13-16-24/h8-11,18,26H,5-7,12-17H2,1-4H3. The van der Waals surface area contributed by atoms with Crippen molar-refractivity contribution in [1.82, 2.24) is 9.80 Å². The minimum Gasteiger partial charge on any atom is -0.497 e. The minimum absolute atomic E-state index is 0.226. The summed E-state index contributed by atoms with van der Waals surface area (Å²) in [5.41, 5.74) is 0.699. The van der Waals surface area contributed by atoms with E-state index < -0.39 is 5.60 Å². The first-order valence-corrected chi connectivity index (χ1v) is 10.2. The zero-order valence-electron chi connectivity index (χ0n) is 17.4. The Morgan fingerprint density at radius 1 is 1.30 bits per heavy atom. The summed E-state index contributed by atoms with van der Waals surface area (Å²) in [4.78, 5) is 16.8. The second kappa shape index (κ2) is 10.1. The summed E-state index contributed by atoms with van der Waals surface area (Å²) in [6.07, 6.45) is 3.82. The highest BCUT2D eigenvalue weighted by molar-refractivity contribution is 5.76. The molecular formula is C22H36N2O3. The molecule has 1 aliphatic heterocycles. The number of methoxy groups -OCH3 is 1. The van der Waals surface area contributed by atoms with Gasteiger partial charge >= 0.3 is 0 Å². The number of aliphatic hydroxyl groups is 1. The van der Waals surface area contributed by atoms with Gasteiger partial charge < -0.3 is 19.6 Å². The molecule has 1 aromatic rings.